The first-order chi connectivity index (χ1) is 11.9. The molecule has 1 aromatic rings. The van der Waals surface area contributed by atoms with E-state index in [0.717, 1.165) is 19.3 Å². The topological polar surface area (TPSA) is 74.7 Å². The summed E-state index contributed by atoms with van der Waals surface area (Å²) in [5.41, 5.74) is 1.85. The molecule has 1 N–H and O–H groups in total. The van der Waals surface area contributed by atoms with Crippen LogP contribution in [-0.2, 0) is 16.0 Å². The fourth-order valence-electron chi connectivity index (χ4n) is 3.25. The van der Waals surface area contributed by atoms with Crippen LogP contribution in [0.25, 0.3) is 0 Å². The average Bonchev–Trinajstić information content (AvgIpc) is 3.00. The highest BCUT2D eigenvalue weighted by molar-refractivity contribution is 5.98. The number of hydrogen-bond acceptors (Lipinski definition) is 3. The van der Waals surface area contributed by atoms with Crippen molar-refractivity contribution in [1.29, 1.82) is 0 Å². The highest BCUT2D eigenvalue weighted by Crippen LogP contribution is 2.24. The van der Waals surface area contributed by atoms with Crippen LogP contribution in [0.4, 0.5) is 0 Å². The zero-order valence-electron chi connectivity index (χ0n) is 15.0. The molecule has 0 aromatic heterocycles. The van der Waals surface area contributed by atoms with Gasteiger partial charge in [-0.1, -0.05) is 44.5 Å². The zero-order chi connectivity index (χ0) is 18.4. The van der Waals surface area contributed by atoms with E-state index >= 15 is 0 Å². The largest absolute Gasteiger partial charge is 0.481 e. The van der Waals surface area contributed by atoms with Crippen LogP contribution < -0.4 is 0 Å². The van der Waals surface area contributed by atoms with Crippen LogP contribution in [0.1, 0.15) is 55.5 Å². The number of aryl methyl sites for hydroxylation is 1. The fraction of sp³-hybridized carbons (Fsp3) is 0.550. The second kappa shape index (κ2) is 8.79. The Balaban J connectivity index is 1.83. The van der Waals surface area contributed by atoms with Gasteiger partial charge in [0.15, 0.2) is 5.78 Å². The van der Waals surface area contributed by atoms with Crippen molar-refractivity contribution < 1.29 is 19.5 Å². The van der Waals surface area contributed by atoms with Gasteiger partial charge in [0.2, 0.25) is 5.91 Å². The Morgan fingerprint density at radius 1 is 1.12 bits per heavy atom. The molecule has 25 heavy (non-hydrogen) atoms. The molecule has 0 spiro atoms. The molecule has 1 heterocycles. The summed E-state index contributed by atoms with van der Waals surface area (Å²) in [5, 5.41) is 9.13. The molecule has 2 rings (SSSR count). The van der Waals surface area contributed by atoms with Gasteiger partial charge in [0, 0.05) is 31.5 Å². The quantitative estimate of drug-likeness (QED) is 0.734. The number of carbonyl (C=O) groups is 3. The minimum absolute atomic E-state index is 0.0441. The summed E-state index contributed by atoms with van der Waals surface area (Å²) in [6.07, 6.45) is 3.58. The molecule has 1 aliphatic rings. The minimum Gasteiger partial charge on any atom is -0.481 e. The number of benzene rings is 1. The number of Topliss-reactive ketones (excluding diaryl/α,β-unsaturated/α-hetero) is 1. The Labute approximate surface area is 149 Å². The summed E-state index contributed by atoms with van der Waals surface area (Å²) in [6.45, 7) is 4.69. The number of rotatable bonds is 8. The number of hydrogen-bond donors (Lipinski definition) is 1. The van der Waals surface area contributed by atoms with Gasteiger partial charge in [0.05, 0.1) is 5.92 Å². The molecular formula is C20H27NO4. The summed E-state index contributed by atoms with van der Waals surface area (Å²) >= 11 is 0. The van der Waals surface area contributed by atoms with Crippen LogP contribution in [0.15, 0.2) is 24.3 Å². The fourth-order valence-corrected chi connectivity index (χ4v) is 3.25. The van der Waals surface area contributed by atoms with Gasteiger partial charge in [-0.05, 0) is 24.3 Å². The molecule has 1 aliphatic heterocycles. The molecule has 0 saturated carbocycles. The maximum absolute atomic E-state index is 12.3. The molecule has 5 heteroatoms. The van der Waals surface area contributed by atoms with Crippen LogP contribution in [0, 0.1) is 11.8 Å². The molecule has 0 radical (unpaired) electrons. The smallest absolute Gasteiger partial charge is 0.308 e. The lowest BCUT2D eigenvalue weighted by molar-refractivity contribution is -0.142. The first kappa shape index (κ1) is 19.2. The van der Waals surface area contributed by atoms with E-state index in [2.05, 4.69) is 6.92 Å². The summed E-state index contributed by atoms with van der Waals surface area (Å²) in [4.78, 5) is 37.2. The highest BCUT2D eigenvalue weighted by atomic mass is 16.4. The zero-order valence-corrected chi connectivity index (χ0v) is 15.0. The third kappa shape index (κ3) is 5.15. The summed E-state index contributed by atoms with van der Waals surface area (Å²) in [5.74, 6) is -1.59. The van der Waals surface area contributed by atoms with E-state index in [0.29, 0.717) is 12.1 Å². The Hall–Kier alpha value is -2.17. The van der Waals surface area contributed by atoms with Crippen molar-refractivity contribution in [2.24, 2.45) is 11.8 Å². The number of carboxylic acid groups (broad SMARTS) is 1. The first-order valence-corrected chi connectivity index (χ1v) is 9.05. The summed E-state index contributed by atoms with van der Waals surface area (Å²) in [7, 11) is 0. The highest BCUT2D eigenvalue weighted by Gasteiger charge is 2.36. The van der Waals surface area contributed by atoms with E-state index in [1.807, 2.05) is 31.2 Å². The molecule has 1 amide bonds. The predicted octanol–water partition coefficient (Wildman–Crippen LogP) is 3.17. The molecular weight excluding hydrogens is 318 g/mol. The molecule has 0 aliphatic carbocycles. The van der Waals surface area contributed by atoms with Gasteiger partial charge in [-0.3, -0.25) is 14.4 Å². The Morgan fingerprint density at radius 3 is 2.36 bits per heavy atom. The molecule has 2 atom stereocenters. The molecule has 1 fully saturated rings. The molecule has 1 saturated heterocycles. The van der Waals surface area contributed by atoms with Crippen molar-refractivity contribution in [3.8, 4) is 0 Å². The number of likely N-dealkylation sites (tertiary alicyclic amines) is 1. The number of ketones is 1. The van der Waals surface area contributed by atoms with E-state index in [-0.39, 0.29) is 37.0 Å². The van der Waals surface area contributed by atoms with Gasteiger partial charge in [0.1, 0.15) is 0 Å². The van der Waals surface area contributed by atoms with Gasteiger partial charge >= 0.3 is 5.97 Å². The normalized spacial score (nSPS) is 19.8. The molecule has 136 valence electrons. The molecule has 0 bridgehead atoms. The maximum Gasteiger partial charge on any atom is 0.308 e. The van der Waals surface area contributed by atoms with E-state index in [1.165, 1.54) is 5.56 Å². The lowest BCUT2D eigenvalue weighted by Crippen LogP contribution is -2.30. The van der Waals surface area contributed by atoms with Gasteiger partial charge in [-0.2, -0.15) is 0 Å². The first-order valence-electron chi connectivity index (χ1n) is 9.05. The van der Waals surface area contributed by atoms with Crippen molar-refractivity contribution in [3.05, 3.63) is 35.4 Å². The second-order valence-corrected chi connectivity index (χ2v) is 6.94. The Kier molecular flexibility index (Phi) is 6.73. The van der Waals surface area contributed by atoms with E-state index in [1.54, 1.807) is 4.90 Å². The van der Waals surface area contributed by atoms with Crippen molar-refractivity contribution in [3.63, 3.8) is 0 Å². The van der Waals surface area contributed by atoms with Crippen LogP contribution in [0.3, 0.4) is 0 Å². The SMILES string of the molecule is CCCCc1ccc(C(=O)CCC(=O)N2C[C@@H](C)[C@H](C(=O)O)C2)cc1. The average molecular weight is 345 g/mol. The predicted molar refractivity (Wildman–Crippen MR) is 95.5 cm³/mol. The Bertz CT molecular complexity index is 623. The van der Waals surface area contributed by atoms with Crippen molar-refractivity contribution in [2.45, 2.75) is 46.0 Å². The molecule has 0 unspecified atom stereocenters. The van der Waals surface area contributed by atoms with Crippen LogP contribution in [0.2, 0.25) is 0 Å². The van der Waals surface area contributed by atoms with Gasteiger partial charge in [-0.25, -0.2) is 0 Å². The second-order valence-electron chi connectivity index (χ2n) is 6.94. The summed E-state index contributed by atoms with van der Waals surface area (Å²) in [6, 6.07) is 7.61. The monoisotopic (exact) mass is 345 g/mol. The third-order valence-corrected chi connectivity index (χ3v) is 4.94. The van der Waals surface area contributed by atoms with Gasteiger partial charge < -0.3 is 10.0 Å². The minimum atomic E-state index is -0.859. The lowest BCUT2D eigenvalue weighted by atomic mass is 9.99. The van der Waals surface area contributed by atoms with Crippen LogP contribution >= 0.6 is 0 Å². The third-order valence-electron chi connectivity index (χ3n) is 4.94. The number of nitrogens with zero attached hydrogens (tertiary/aromatic N) is 1. The number of amides is 1. The van der Waals surface area contributed by atoms with E-state index in [9.17, 15) is 14.4 Å². The van der Waals surface area contributed by atoms with Gasteiger partial charge in [-0.15, -0.1) is 0 Å². The number of unbranched alkanes of at least 4 members (excludes halogenated alkanes) is 1. The van der Waals surface area contributed by atoms with Crippen molar-refractivity contribution >= 4 is 17.7 Å². The maximum atomic E-state index is 12.3. The molecule has 1 aromatic carbocycles. The number of aliphatic carboxylic acids is 1. The standard InChI is InChI=1S/C20H27NO4/c1-3-4-5-15-6-8-16(9-7-15)18(22)10-11-19(23)21-12-14(2)17(13-21)20(24)25/h6-9,14,17H,3-5,10-13H2,1-2H3,(H,24,25)/t14-,17-/m1/s1. The lowest BCUT2D eigenvalue weighted by Gasteiger charge is -2.15. The van der Waals surface area contributed by atoms with E-state index in [4.69, 9.17) is 5.11 Å². The number of carbonyl (C=O) groups excluding carboxylic acids is 2. The van der Waals surface area contributed by atoms with Crippen molar-refractivity contribution in [2.75, 3.05) is 13.1 Å². The molecule has 5 nitrogen and oxygen atoms in total. The summed E-state index contributed by atoms with van der Waals surface area (Å²) < 4.78 is 0. The van der Waals surface area contributed by atoms with Crippen LogP contribution in [-0.4, -0.2) is 40.8 Å². The van der Waals surface area contributed by atoms with Gasteiger partial charge in [0.25, 0.3) is 0 Å². The van der Waals surface area contributed by atoms with Crippen LogP contribution in [0.5, 0.6) is 0 Å². The number of carboxylic acids is 1. The van der Waals surface area contributed by atoms with Crippen molar-refractivity contribution in [1.82, 2.24) is 4.90 Å². The Morgan fingerprint density at radius 2 is 1.80 bits per heavy atom. The van der Waals surface area contributed by atoms with E-state index < -0.39 is 11.9 Å².